The summed E-state index contributed by atoms with van der Waals surface area (Å²) in [5.74, 6) is 10.4. The Hall–Kier alpha value is 0.270. The summed E-state index contributed by atoms with van der Waals surface area (Å²) in [5.41, 5.74) is 0. The molecule has 14 atom stereocenters. The van der Waals surface area contributed by atoms with Crippen LogP contribution in [0.5, 0.6) is 0 Å². The summed E-state index contributed by atoms with van der Waals surface area (Å²) in [5, 5.41) is 1.97. The second kappa shape index (κ2) is 12.5. The summed E-state index contributed by atoms with van der Waals surface area (Å²) in [6.07, 6.45) is 39.6. The van der Waals surface area contributed by atoms with Crippen LogP contribution in [0.15, 0.2) is 0 Å². The van der Waals surface area contributed by atoms with E-state index in [2.05, 4.69) is 16.7 Å². The lowest BCUT2D eigenvalue weighted by Crippen LogP contribution is -2.48. The molecule has 10 aliphatic rings. The normalized spacial score (nSPS) is 55.2. The molecule has 0 amide bonds. The van der Waals surface area contributed by atoms with Crippen molar-refractivity contribution in [1.29, 1.82) is 0 Å². The van der Waals surface area contributed by atoms with E-state index in [-0.39, 0.29) is 0 Å². The zero-order valence-corrected chi connectivity index (χ0v) is 29.6. The van der Waals surface area contributed by atoms with E-state index in [4.69, 9.17) is 4.74 Å². The molecule has 7 saturated carbocycles. The number of hydrogen-bond donors (Lipinski definition) is 0. The summed E-state index contributed by atoms with van der Waals surface area (Å²) in [4.78, 5) is 3.24. The van der Waals surface area contributed by atoms with Crippen molar-refractivity contribution >= 4 is 11.8 Å². The monoisotopic (exact) mass is 633 g/mol. The van der Waals surface area contributed by atoms with Gasteiger partial charge in [-0.1, -0.05) is 51.4 Å². The van der Waals surface area contributed by atoms with Crippen molar-refractivity contribution in [3.05, 3.63) is 0 Å². The maximum Gasteiger partial charge on any atom is 0.0621 e. The molecule has 0 bridgehead atoms. The number of rotatable bonds is 3. The predicted molar refractivity (Wildman–Crippen MR) is 187 cm³/mol. The molecule has 10 fully saturated rings. The van der Waals surface area contributed by atoms with E-state index in [1.54, 1.807) is 77.0 Å². The second-order valence-electron chi connectivity index (χ2n) is 19.0. The molecular weight excluding hydrogens is 567 g/mol. The highest BCUT2D eigenvalue weighted by Crippen LogP contribution is 2.64. The van der Waals surface area contributed by atoms with E-state index < -0.39 is 0 Å². The first-order valence-electron chi connectivity index (χ1n) is 21.4. The van der Waals surface area contributed by atoms with Gasteiger partial charge in [-0.15, -0.1) is 0 Å². The first-order valence-corrected chi connectivity index (χ1v) is 22.3. The Kier molecular flexibility index (Phi) is 8.40. The molecule has 14 unspecified atom stereocenters. The smallest absolute Gasteiger partial charge is 0.0621 e. The van der Waals surface area contributed by atoms with Crippen molar-refractivity contribution in [3.63, 3.8) is 0 Å². The first-order chi connectivity index (χ1) is 22.3. The third-order valence-electron chi connectivity index (χ3n) is 17.5. The minimum atomic E-state index is 0.634. The van der Waals surface area contributed by atoms with Gasteiger partial charge in [0.25, 0.3) is 0 Å². The number of thioether (sulfide) groups is 1. The van der Waals surface area contributed by atoms with E-state index in [0.29, 0.717) is 12.2 Å². The average Bonchev–Trinajstić information content (AvgIpc) is 3.78. The highest BCUT2D eigenvalue weighted by Gasteiger charge is 2.60. The Morgan fingerprint density at radius 3 is 1.96 bits per heavy atom. The minimum Gasteiger partial charge on any atom is -0.374 e. The van der Waals surface area contributed by atoms with Crippen molar-refractivity contribution in [2.24, 2.45) is 59.2 Å². The molecule has 0 aromatic carbocycles. The van der Waals surface area contributed by atoms with Gasteiger partial charge in [-0.3, -0.25) is 4.90 Å². The van der Waals surface area contributed by atoms with Gasteiger partial charge in [-0.2, -0.15) is 11.8 Å². The molecule has 0 spiro atoms. The van der Waals surface area contributed by atoms with Gasteiger partial charge >= 0.3 is 0 Å². The van der Waals surface area contributed by atoms with Gasteiger partial charge in [0.05, 0.1) is 12.2 Å². The molecule has 0 N–H and O–H groups in total. The Bertz CT molecular complexity index is 1030. The SMILES string of the molecule is C1CCC(N2C3CCCCC3C3CC(C4CCC(C5CCCC6C7CCC8OC9CCCCC9C8C7SC56)CC4)CCC32)CC1. The molecule has 3 saturated heterocycles. The molecule has 2 nitrogen and oxygen atoms in total. The van der Waals surface area contributed by atoms with Crippen LogP contribution in [-0.4, -0.2) is 45.7 Å². The summed E-state index contributed by atoms with van der Waals surface area (Å²) in [6.45, 7) is 0. The number of ether oxygens (including phenoxy) is 1. The van der Waals surface area contributed by atoms with Crippen LogP contribution < -0.4 is 0 Å². The first kappa shape index (κ1) is 30.1. The van der Waals surface area contributed by atoms with Crippen molar-refractivity contribution in [2.75, 3.05) is 0 Å². The van der Waals surface area contributed by atoms with Crippen LogP contribution in [-0.2, 0) is 4.74 Å². The van der Waals surface area contributed by atoms with Crippen LogP contribution in [0.4, 0.5) is 0 Å². The van der Waals surface area contributed by atoms with Crippen LogP contribution in [0, 0.1) is 59.2 Å². The Morgan fingerprint density at radius 2 is 1.07 bits per heavy atom. The molecule has 0 aromatic rings. The number of hydrogen-bond acceptors (Lipinski definition) is 3. The van der Waals surface area contributed by atoms with Crippen LogP contribution in [0.2, 0.25) is 0 Å². The minimum absolute atomic E-state index is 0.634. The molecule has 3 heteroatoms. The summed E-state index contributed by atoms with van der Waals surface area (Å²) in [7, 11) is 0. The Morgan fingerprint density at radius 1 is 0.400 bits per heavy atom. The van der Waals surface area contributed by atoms with Crippen molar-refractivity contribution in [3.8, 4) is 0 Å². The maximum atomic E-state index is 6.82. The maximum absolute atomic E-state index is 6.82. The van der Waals surface area contributed by atoms with E-state index in [1.165, 1.54) is 83.5 Å². The average molecular weight is 634 g/mol. The van der Waals surface area contributed by atoms with Crippen LogP contribution in [0.25, 0.3) is 0 Å². The molecule has 10 rings (SSSR count). The molecule has 3 heterocycles. The van der Waals surface area contributed by atoms with Gasteiger partial charge < -0.3 is 4.74 Å². The molecule has 3 aliphatic heterocycles. The molecule has 0 aromatic heterocycles. The zero-order chi connectivity index (χ0) is 29.5. The zero-order valence-electron chi connectivity index (χ0n) is 28.8. The third kappa shape index (κ3) is 5.12. The number of nitrogens with zero attached hydrogens (tertiary/aromatic N) is 1. The predicted octanol–water partition coefficient (Wildman–Crippen LogP) is 10.7. The summed E-state index contributed by atoms with van der Waals surface area (Å²) in [6, 6.07) is 2.91. The Labute approximate surface area is 281 Å². The quantitative estimate of drug-likeness (QED) is 0.307. The van der Waals surface area contributed by atoms with Gasteiger partial charge in [0.2, 0.25) is 0 Å². The molecule has 252 valence electrons. The van der Waals surface area contributed by atoms with Crippen molar-refractivity contribution in [2.45, 2.75) is 201 Å². The molecule has 45 heavy (non-hydrogen) atoms. The summed E-state index contributed by atoms with van der Waals surface area (Å²) >= 11 is 2.59. The largest absolute Gasteiger partial charge is 0.374 e. The van der Waals surface area contributed by atoms with Crippen LogP contribution in [0.1, 0.15) is 161 Å². The van der Waals surface area contributed by atoms with E-state index in [1.807, 2.05) is 0 Å². The lowest BCUT2D eigenvalue weighted by Gasteiger charge is -2.46. The lowest BCUT2D eigenvalue weighted by atomic mass is 9.60. The number of fused-ring (bicyclic) bond motifs is 10. The fraction of sp³-hybridized carbons (Fsp3) is 1.00. The van der Waals surface area contributed by atoms with Crippen molar-refractivity contribution < 1.29 is 4.74 Å². The van der Waals surface area contributed by atoms with Gasteiger partial charge in [-0.25, -0.2) is 0 Å². The van der Waals surface area contributed by atoms with E-state index >= 15 is 0 Å². The number of likely N-dealkylation sites (tertiary alicyclic amines) is 1. The van der Waals surface area contributed by atoms with E-state index in [0.717, 1.165) is 87.8 Å². The second-order valence-corrected chi connectivity index (χ2v) is 20.4. The highest BCUT2D eigenvalue weighted by atomic mass is 32.2. The van der Waals surface area contributed by atoms with Crippen LogP contribution in [0.3, 0.4) is 0 Å². The molecular formula is C42H67NOS. The molecule has 0 radical (unpaired) electrons. The summed E-state index contributed by atoms with van der Waals surface area (Å²) < 4.78 is 6.82. The molecule has 7 aliphatic carbocycles. The fourth-order valence-corrected chi connectivity index (χ4v) is 18.3. The topological polar surface area (TPSA) is 12.5 Å². The van der Waals surface area contributed by atoms with Gasteiger partial charge in [-0.05, 0) is 162 Å². The highest BCUT2D eigenvalue weighted by molar-refractivity contribution is 8.00. The van der Waals surface area contributed by atoms with Gasteiger partial charge in [0, 0.05) is 34.5 Å². The third-order valence-corrected chi connectivity index (χ3v) is 19.5. The van der Waals surface area contributed by atoms with Gasteiger partial charge in [0.15, 0.2) is 0 Å². The van der Waals surface area contributed by atoms with Crippen LogP contribution >= 0.6 is 11.8 Å². The standard InChI is InChI=1S/C42H67NOS/c1-2-9-29(10-3-1)43-36-15-6-4-11-31(36)35-25-28(21-23-37(35)43)26-17-19-27(20-18-26)30-13-8-14-32-33-22-24-39-40(42(33)45-41(30)32)34-12-5-7-16-38(34)44-39/h26-42H,1-25H2. The van der Waals surface area contributed by atoms with E-state index in [9.17, 15) is 0 Å². The Balaban J connectivity index is 0.790. The fourth-order valence-electron chi connectivity index (χ4n) is 15.8. The lowest BCUT2D eigenvalue weighted by molar-refractivity contribution is -0.00281. The van der Waals surface area contributed by atoms with Crippen molar-refractivity contribution in [1.82, 2.24) is 4.90 Å². The van der Waals surface area contributed by atoms with Gasteiger partial charge in [0.1, 0.15) is 0 Å².